The Kier molecular flexibility index (Phi) is 9.33. The molecule has 1 aliphatic heterocycles. The molecule has 1 saturated heterocycles. The SMILES string of the molecule is CC(C)c1ccc(N(C)C)cc1N1C(=O)CS/C1=N\C(=O)Nc1ccc(-c2ncn(-c3ccc(S(=O)(=O)C(F)(F)F)cc3)n2)cc1C#N. The number of nitrogens with one attached hydrogen (secondary N) is 1. The van der Waals surface area contributed by atoms with Gasteiger partial charge >= 0.3 is 11.5 Å². The summed E-state index contributed by atoms with van der Waals surface area (Å²) < 4.78 is 63.1. The Bertz CT molecular complexity index is 2090. The lowest BCUT2D eigenvalue weighted by Gasteiger charge is -2.24. The zero-order chi connectivity index (χ0) is 35.0. The van der Waals surface area contributed by atoms with Crippen LogP contribution in [0.2, 0.25) is 0 Å². The average Bonchev–Trinajstić information content (AvgIpc) is 3.67. The Morgan fingerprint density at radius 3 is 2.44 bits per heavy atom. The molecule has 17 heteroatoms. The van der Waals surface area contributed by atoms with Crippen molar-refractivity contribution in [2.45, 2.75) is 30.2 Å². The summed E-state index contributed by atoms with van der Waals surface area (Å²) in [7, 11) is -1.73. The van der Waals surface area contributed by atoms with E-state index >= 15 is 0 Å². The quantitative estimate of drug-likeness (QED) is 0.247. The first-order chi connectivity index (χ1) is 22.6. The normalized spacial score (nSPS) is 14.4. The smallest absolute Gasteiger partial charge is 0.378 e. The predicted molar refractivity (Wildman–Crippen MR) is 176 cm³/mol. The van der Waals surface area contributed by atoms with Gasteiger partial charge in [-0.25, -0.2) is 22.9 Å². The third-order valence-corrected chi connectivity index (χ3v) is 9.63. The lowest BCUT2D eigenvalue weighted by atomic mass is 9.99. The zero-order valence-electron chi connectivity index (χ0n) is 25.8. The summed E-state index contributed by atoms with van der Waals surface area (Å²) in [6.07, 6.45) is 1.27. The van der Waals surface area contributed by atoms with Gasteiger partial charge in [0.2, 0.25) is 5.91 Å². The van der Waals surface area contributed by atoms with E-state index in [9.17, 15) is 36.4 Å². The summed E-state index contributed by atoms with van der Waals surface area (Å²) in [4.78, 5) is 36.8. The van der Waals surface area contributed by atoms with Gasteiger partial charge in [-0.2, -0.15) is 23.4 Å². The fourth-order valence-electron chi connectivity index (χ4n) is 4.72. The maximum Gasteiger partial charge on any atom is 0.501 e. The second-order valence-electron chi connectivity index (χ2n) is 11.0. The number of hydrogen-bond donors (Lipinski definition) is 1. The molecule has 5 rings (SSSR count). The third-order valence-electron chi connectivity index (χ3n) is 7.20. The van der Waals surface area contributed by atoms with Gasteiger partial charge in [-0.1, -0.05) is 31.7 Å². The summed E-state index contributed by atoms with van der Waals surface area (Å²) in [5.74, 6) is 0.115. The number of sulfone groups is 1. The molecule has 0 unspecified atom stereocenters. The van der Waals surface area contributed by atoms with E-state index in [4.69, 9.17) is 0 Å². The highest BCUT2D eigenvalue weighted by atomic mass is 32.2. The minimum absolute atomic E-state index is 0.0619. The van der Waals surface area contributed by atoms with Gasteiger partial charge in [-0.3, -0.25) is 9.69 Å². The van der Waals surface area contributed by atoms with E-state index in [0.29, 0.717) is 11.3 Å². The first kappa shape index (κ1) is 34.1. The number of aliphatic imine (C=N–C) groups is 1. The van der Waals surface area contributed by atoms with Gasteiger partial charge in [0.15, 0.2) is 11.0 Å². The van der Waals surface area contributed by atoms with Gasteiger partial charge in [-0.05, 0) is 66.1 Å². The van der Waals surface area contributed by atoms with Crippen LogP contribution in [0.25, 0.3) is 17.1 Å². The molecular weight excluding hydrogens is 670 g/mol. The van der Waals surface area contributed by atoms with E-state index in [1.807, 2.05) is 57.1 Å². The van der Waals surface area contributed by atoms with Crippen LogP contribution >= 0.6 is 11.8 Å². The minimum Gasteiger partial charge on any atom is -0.378 e. The molecule has 1 fully saturated rings. The molecule has 0 aliphatic carbocycles. The number of thioether (sulfide) groups is 1. The molecule has 1 aromatic heterocycles. The van der Waals surface area contributed by atoms with Crippen LogP contribution in [0.3, 0.4) is 0 Å². The monoisotopic (exact) mass is 696 g/mol. The summed E-state index contributed by atoms with van der Waals surface area (Å²) >= 11 is 1.13. The number of rotatable bonds is 7. The van der Waals surface area contributed by atoms with Gasteiger partial charge in [0, 0.05) is 25.3 Å². The summed E-state index contributed by atoms with van der Waals surface area (Å²) in [5.41, 5.74) is -2.18. The Balaban J connectivity index is 1.36. The van der Waals surface area contributed by atoms with Crippen LogP contribution in [0.5, 0.6) is 0 Å². The molecule has 1 aliphatic rings. The van der Waals surface area contributed by atoms with E-state index in [-0.39, 0.29) is 45.5 Å². The number of urea groups is 1. The molecule has 248 valence electrons. The third kappa shape index (κ3) is 6.75. The first-order valence-electron chi connectivity index (χ1n) is 14.2. The van der Waals surface area contributed by atoms with Crippen molar-refractivity contribution < 1.29 is 31.2 Å². The molecule has 0 bridgehead atoms. The van der Waals surface area contributed by atoms with Crippen LogP contribution in [0, 0.1) is 11.3 Å². The number of carbonyl (C=O) groups excluding carboxylic acids is 2. The molecule has 1 N–H and O–H groups in total. The zero-order valence-corrected chi connectivity index (χ0v) is 27.5. The molecule has 3 aromatic carbocycles. The standard InChI is InChI=1S/C31H27F3N8O4S2/c1-18(2)24-11-8-22(40(3)4)14-26(24)42-27(43)16-47-30(42)38-29(44)37-25-12-5-19(13-20(25)15-35)28-36-17-41(39-28)21-6-9-23(10-7-21)48(45,46)31(32,33)34/h5-14,17-18H,16H2,1-4H3,(H,37,44)/b38-30-. The summed E-state index contributed by atoms with van der Waals surface area (Å²) in [6, 6.07) is 15.4. The van der Waals surface area contributed by atoms with Gasteiger partial charge in [0.1, 0.15) is 12.4 Å². The maximum absolute atomic E-state index is 13.1. The first-order valence-corrected chi connectivity index (χ1v) is 16.6. The van der Waals surface area contributed by atoms with Crippen LogP contribution in [-0.4, -0.2) is 65.6 Å². The van der Waals surface area contributed by atoms with Crippen LogP contribution < -0.4 is 15.1 Å². The van der Waals surface area contributed by atoms with E-state index < -0.39 is 26.3 Å². The number of nitrogens with zero attached hydrogens (tertiary/aromatic N) is 7. The lowest BCUT2D eigenvalue weighted by Crippen LogP contribution is -2.31. The second kappa shape index (κ2) is 13.1. The maximum atomic E-state index is 13.1. The highest BCUT2D eigenvalue weighted by Gasteiger charge is 2.46. The Morgan fingerprint density at radius 1 is 1.10 bits per heavy atom. The number of aromatic nitrogens is 3. The van der Waals surface area contributed by atoms with Crippen molar-refractivity contribution >= 4 is 55.8 Å². The van der Waals surface area contributed by atoms with Crippen molar-refractivity contribution in [3.63, 3.8) is 0 Å². The van der Waals surface area contributed by atoms with Crippen molar-refractivity contribution in [3.05, 3.63) is 78.1 Å². The number of amides is 3. The molecule has 0 saturated carbocycles. The largest absolute Gasteiger partial charge is 0.501 e. The van der Waals surface area contributed by atoms with Crippen molar-refractivity contribution in [1.82, 2.24) is 14.8 Å². The van der Waals surface area contributed by atoms with Gasteiger partial charge in [0.25, 0.3) is 9.84 Å². The number of nitriles is 1. The molecule has 12 nitrogen and oxygen atoms in total. The van der Waals surface area contributed by atoms with Crippen molar-refractivity contribution in [3.8, 4) is 23.1 Å². The van der Waals surface area contributed by atoms with E-state index in [1.54, 1.807) is 6.07 Å². The number of anilines is 3. The number of carbonyl (C=O) groups is 2. The van der Waals surface area contributed by atoms with Crippen LogP contribution in [0.4, 0.5) is 35.0 Å². The van der Waals surface area contributed by atoms with E-state index in [1.165, 1.54) is 28.0 Å². The number of benzene rings is 3. The predicted octanol–water partition coefficient (Wildman–Crippen LogP) is 5.96. The van der Waals surface area contributed by atoms with Crippen molar-refractivity contribution in [1.29, 1.82) is 5.26 Å². The van der Waals surface area contributed by atoms with Crippen LogP contribution in [0.1, 0.15) is 30.9 Å². The fourth-order valence-corrected chi connectivity index (χ4v) is 6.34. The Hall–Kier alpha value is -5.21. The molecule has 3 amide bonds. The van der Waals surface area contributed by atoms with Crippen LogP contribution in [0.15, 0.2) is 76.9 Å². The number of halogens is 3. The highest BCUT2D eigenvalue weighted by molar-refractivity contribution is 8.15. The Labute approximate surface area is 277 Å². The minimum atomic E-state index is -5.50. The number of alkyl halides is 3. The van der Waals surface area contributed by atoms with E-state index in [0.717, 1.165) is 47.3 Å². The molecule has 0 spiro atoms. The van der Waals surface area contributed by atoms with Crippen molar-refractivity contribution in [2.75, 3.05) is 35.0 Å². The van der Waals surface area contributed by atoms with Gasteiger partial charge in [0.05, 0.1) is 33.3 Å². The molecule has 4 aromatic rings. The summed E-state index contributed by atoms with van der Waals surface area (Å²) in [6.45, 7) is 4.01. The molecule has 0 radical (unpaired) electrons. The van der Waals surface area contributed by atoms with E-state index in [2.05, 4.69) is 20.4 Å². The number of hydrogen-bond acceptors (Lipinski definition) is 9. The fraction of sp³-hybridized carbons (Fsp3) is 0.226. The van der Waals surface area contributed by atoms with Crippen LogP contribution in [-0.2, 0) is 14.6 Å². The molecule has 48 heavy (non-hydrogen) atoms. The van der Waals surface area contributed by atoms with Crippen molar-refractivity contribution in [2.24, 2.45) is 4.99 Å². The molecular formula is C31H27F3N8O4S2. The Morgan fingerprint density at radius 2 is 1.81 bits per heavy atom. The molecule has 0 atom stereocenters. The summed E-state index contributed by atoms with van der Waals surface area (Å²) in [5, 5.41) is 16.9. The second-order valence-corrected chi connectivity index (χ2v) is 13.8. The van der Waals surface area contributed by atoms with Gasteiger partial charge in [-0.15, -0.1) is 5.10 Å². The highest BCUT2D eigenvalue weighted by Crippen LogP contribution is 2.36. The lowest BCUT2D eigenvalue weighted by molar-refractivity contribution is -0.115. The average molecular weight is 697 g/mol. The topological polar surface area (TPSA) is 154 Å². The number of amidine groups is 1. The molecule has 2 heterocycles. The van der Waals surface area contributed by atoms with Gasteiger partial charge < -0.3 is 10.2 Å².